The van der Waals surface area contributed by atoms with Crippen molar-refractivity contribution < 1.29 is 9.59 Å². The summed E-state index contributed by atoms with van der Waals surface area (Å²) in [5, 5.41) is 6.78. The summed E-state index contributed by atoms with van der Waals surface area (Å²) in [6, 6.07) is 1.24. The zero-order valence-corrected chi connectivity index (χ0v) is 12.4. The minimum absolute atomic E-state index is 0.0106. The van der Waals surface area contributed by atoms with Crippen LogP contribution in [0, 0.1) is 5.92 Å². The number of hydrogen-bond acceptors (Lipinski definition) is 3. The van der Waals surface area contributed by atoms with E-state index < -0.39 is 6.04 Å². The van der Waals surface area contributed by atoms with Gasteiger partial charge >= 0.3 is 0 Å². The lowest BCUT2D eigenvalue weighted by molar-refractivity contribution is -0.150. The molecule has 5 heteroatoms. The lowest BCUT2D eigenvalue weighted by Gasteiger charge is -2.38. The molecule has 1 fully saturated rings. The van der Waals surface area contributed by atoms with Crippen LogP contribution in [-0.2, 0) is 16.1 Å². The molecule has 2 unspecified atom stereocenters. The molecule has 2 atom stereocenters. The van der Waals surface area contributed by atoms with Gasteiger partial charge in [-0.15, -0.1) is 0 Å². The molecule has 1 saturated heterocycles. The SMILES string of the molecule is CC(C)CC1C(=O)NC(C)C(=O)N1Cc1ccsc1. The molecule has 1 aromatic heterocycles. The zero-order valence-electron chi connectivity index (χ0n) is 11.6. The number of amides is 2. The summed E-state index contributed by atoms with van der Waals surface area (Å²) in [7, 11) is 0. The molecule has 1 aliphatic heterocycles. The maximum absolute atomic E-state index is 12.3. The molecule has 1 N–H and O–H groups in total. The van der Waals surface area contributed by atoms with Crippen molar-refractivity contribution in [3.8, 4) is 0 Å². The van der Waals surface area contributed by atoms with Gasteiger partial charge in [0.2, 0.25) is 11.8 Å². The summed E-state index contributed by atoms with van der Waals surface area (Å²) in [5.41, 5.74) is 1.09. The molecule has 1 aliphatic rings. The Balaban J connectivity index is 2.20. The highest BCUT2D eigenvalue weighted by Crippen LogP contribution is 2.21. The van der Waals surface area contributed by atoms with E-state index in [4.69, 9.17) is 0 Å². The molecule has 0 saturated carbocycles. The molecule has 0 aromatic carbocycles. The van der Waals surface area contributed by atoms with E-state index in [1.165, 1.54) is 0 Å². The van der Waals surface area contributed by atoms with Crippen LogP contribution in [0.15, 0.2) is 16.8 Å². The fourth-order valence-corrected chi connectivity index (χ4v) is 3.02. The molecule has 104 valence electrons. The Kier molecular flexibility index (Phi) is 4.24. The third kappa shape index (κ3) is 3.15. The smallest absolute Gasteiger partial charge is 0.245 e. The van der Waals surface area contributed by atoms with Gasteiger partial charge in [0.1, 0.15) is 12.1 Å². The number of hydrogen-bond donors (Lipinski definition) is 1. The summed E-state index contributed by atoms with van der Waals surface area (Å²) in [6.45, 7) is 6.40. The third-order valence-electron chi connectivity index (χ3n) is 3.32. The van der Waals surface area contributed by atoms with Gasteiger partial charge in [0.15, 0.2) is 0 Å². The Morgan fingerprint density at radius 1 is 1.42 bits per heavy atom. The standard InChI is InChI=1S/C14H20N2O2S/c1-9(2)6-12-13(17)15-10(3)14(18)16(12)7-11-4-5-19-8-11/h4-5,8-10,12H,6-7H2,1-3H3,(H,15,17). The van der Waals surface area contributed by atoms with Gasteiger partial charge in [-0.05, 0) is 41.7 Å². The number of carbonyl (C=O) groups is 2. The number of nitrogens with zero attached hydrogens (tertiary/aromatic N) is 1. The first-order chi connectivity index (χ1) is 8.99. The van der Waals surface area contributed by atoms with E-state index >= 15 is 0 Å². The highest BCUT2D eigenvalue weighted by Gasteiger charge is 2.38. The van der Waals surface area contributed by atoms with Gasteiger partial charge in [-0.2, -0.15) is 11.3 Å². The van der Waals surface area contributed by atoms with E-state index in [1.807, 2.05) is 16.8 Å². The summed E-state index contributed by atoms with van der Waals surface area (Å²) in [6.07, 6.45) is 0.703. The van der Waals surface area contributed by atoms with Gasteiger partial charge in [-0.3, -0.25) is 9.59 Å². The zero-order chi connectivity index (χ0) is 14.0. The number of rotatable bonds is 4. The lowest BCUT2D eigenvalue weighted by atomic mass is 9.98. The highest BCUT2D eigenvalue weighted by atomic mass is 32.1. The van der Waals surface area contributed by atoms with Crippen molar-refractivity contribution in [2.45, 2.75) is 45.8 Å². The van der Waals surface area contributed by atoms with Crippen molar-refractivity contribution in [2.24, 2.45) is 5.92 Å². The molecular formula is C14H20N2O2S. The summed E-state index contributed by atoms with van der Waals surface area (Å²) in [5.74, 6) is 0.356. The van der Waals surface area contributed by atoms with Crippen LogP contribution in [-0.4, -0.2) is 28.8 Å². The van der Waals surface area contributed by atoms with Crippen molar-refractivity contribution in [1.82, 2.24) is 10.2 Å². The third-order valence-corrected chi connectivity index (χ3v) is 4.05. The maximum atomic E-state index is 12.3. The van der Waals surface area contributed by atoms with Crippen LogP contribution in [0.25, 0.3) is 0 Å². The first kappa shape index (κ1) is 14.1. The summed E-state index contributed by atoms with van der Waals surface area (Å²) < 4.78 is 0. The second-order valence-electron chi connectivity index (χ2n) is 5.47. The van der Waals surface area contributed by atoms with E-state index in [1.54, 1.807) is 23.2 Å². The average Bonchev–Trinajstić information content (AvgIpc) is 2.83. The van der Waals surface area contributed by atoms with Gasteiger partial charge in [0.25, 0.3) is 0 Å². The fourth-order valence-electron chi connectivity index (χ4n) is 2.36. The van der Waals surface area contributed by atoms with Crippen LogP contribution in [0.2, 0.25) is 0 Å². The molecular weight excluding hydrogens is 260 g/mol. The summed E-state index contributed by atoms with van der Waals surface area (Å²) >= 11 is 1.61. The monoisotopic (exact) mass is 280 g/mol. The molecule has 19 heavy (non-hydrogen) atoms. The second kappa shape index (κ2) is 5.74. The molecule has 0 radical (unpaired) electrons. The largest absolute Gasteiger partial charge is 0.343 e. The number of carbonyl (C=O) groups excluding carboxylic acids is 2. The second-order valence-corrected chi connectivity index (χ2v) is 6.25. The van der Waals surface area contributed by atoms with Gasteiger partial charge in [0.05, 0.1) is 0 Å². The first-order valence-electron chi connectivity index (χ1n) is 6.61. The highest BCUT2D eigenvalue weighted by molar-refractivity contribution is 7.07. The molecule has 0 bridgehead atoms. The number of piperazine rings is 1. The number of thiophene rings is 1. The van der Waals surface area contributed by atoms with E-state index in [9.17, 15) is 9.59 Å². The quantitative estimate of drug-likeness (QED) is 0.917. The number of nitrogens with one attached hydrogen (secondary N) is 1. The predicted octanol–water partition coefficient (Wildman–Crippen LogP) is 2.01. The summed E-state index contributed by atoms with van der Waals surface area (Å²) in [4.78, 5) is 26.2. The van der Waals surface area contributed by atoms with Crippen molar-refractivity contribution in [1.29, 1.82) is 0 Å². The van der Waals surface area contributed by atoms with E-state index in [0.29, 0.717) is 18.9 Å². The molecule has 1 aromatic rings. The van der Waals surface area contributed by atoms with Gasteiger partial charge in [-0.25, -0.2) is 0 Å². The van der Waals surface area contributed by atoms with Crippen LogP contribution in [0.1, 0.15) is 32.8 Å². The molecule has 4 nitrogen and oxygen atoms in total. The van der Waals surface area contributed by atoms with E-state index in [-0.39, 0.29) is 17.9 Å². The van der Waals surface area contributed by atoms with Crippen molar-refractivity contribution >= 4 is 23.2 Å². The van der Waals surface area contributed by atoms with Crippen LogP contribution in [0.5, 0.6) is 0 Å². The Hall–Kier alpha value is -1.36. The minimum Gasteiger partial charge on any atom is -0.343 e. The van der Waals surface area contributed by atoms with Gasteiger partial charge < -0.3 is 10.2 Å². The Morgan fingerprint density at radius 2 is 2.16 bits per heavy atom. The van der Waals surface area contributed by atoms with Gasteiger partial charge in [0, 0.05) is 6.54 Å². The Bertz CT molecular complexity index is 456. The van der Waals surface area contributed by atoms with Crippen LogP contribution in [0.3, 0.4) is 0 Å². The van der Waals surface area contributed by atoms with Crippen molar-refractivity contribution in [3.05, 3.63) is 22.4 Å². The van der Waals surface area contributed by atoms with E-state index in [0.717, 1.165) is 5.56 Å². The van der Waals surface area contributed by atoms with E-state index in [2.05, 4.69) is 19.2 Å². The van der Waals surface area contributed by atoms with Crippen molar-refractivity contribution in [3.63, 3.8) is 0 Å². The maximum Gasteiger partial charge on any atom is 0.245 e. The van der Waals surface area contributed by atoms with Crippen LogP contribution < -0.4 is 5.32 Å². The van der Waals surface area contributed by atoms with Gasteiger partial charge in [-0.1, -0.05) is 13.8 Å². The Labute approximate surface area is 117 Å². The lowest BCUT2D eigenvalue weighted by Crippen LogP contribution is -2.62. The van der Waals surface area contributed by atoms with Crippen LogP contribution in [0.4, 0.5) is 0 Å². The topological polar surface area (TPSA) is 49.4 Å². The normalized spacial score (nSPS) is 23.9. The predicted molar refractivity (Wildman–Crippen MR) is 75.7 cm³/mol. The molecule has 0 aliphatic carbocycles. The fraction of sp³-hybridized carbons (Fsp3) is 0.571. The minimum atomic E-state index is -0.422. The van der Waals surface area contributed by atoms with Crippen LogP contribution >= 0.6 is 11.3 Å². The first-order valence-corrected chi connectivity index (χ1v) is 7.55. The Morgan fingerprint density at radius 3 is 2.74 bits per heavy atom. The average molecular weight is 280 g/mol. The van der Waals surface area contributed by atoms with Crippen molar-refractivity contribution in [2.75, 3.05) is 0 Å². The molecule has 0 spiro atoms. The molecule has 2 amide bonds. The molecule has 2 rings (SSSR count). The molecule has 2 heterocycles.